The average Bonchev–Trinajstić information content (AvgIpc) is 1.90. The molecule has 0 aromatic heterocycles. The van der Waals surface area contributed by atoms with E-state index < -0.39 is 6.48 Å². The van der Waals surface area contributed by atoms with Crippen molar-refractivity contribution in [1.29, 1.82) is 0 Å². The molecule has 4 heteroatoms. The first kappa shape index (κ1) is 9.84. The molecular weight excluding hydrogens is 136 g/mol. The Morgan fingerprint density at radius 1 is 1.10 bits per heavy atom. The largest absolute Gasteiger partial charge is 0.370 e. The van der Waals surface area contributed by atoms with Gasteiger partial charge in [0.25, 0.3) is 6.48 Å². The second-order valence-corrected chi connectivity index (χ2v) is 1.50. The fraction of sp³-hybridized carbons (Fsp3) is 1.00. The second-order valence-electron chi connectivity index (χ2n) is 1.50. The molecule has 0 aromatic rings. The molecule has 1 N–H and O–H groups in total. The van der Waals surface area contributed by atoms with Crippen LogP contribution in [0.2, 0.25) is 0 Å². The molecule has 0 saturated carbocycles. The molecule has 4 nitrogen and oxygen atoms in total. The van der Waals surface area contributed by atoms with Crippen molar-refractivity contribution in [2.24, 2.45) is 0 Å². The quantitative estimate of drug-likeness (QED) is 0.553. The topological polar surface area (TPSA) is 47.9 Å². The minimum atomic E-state index is -0.722. The Balaban J connectivity index is 3.30. The summed E-state index contributed by atoms with van der Waals surface area (Å²) in [5.74, 6) is 0. The molecule has 0 saturated heterocycles. The van der Waals surface area contributed by atoms with Gasteiger partial charge in [-0.1, -0.05) is 0 Å². The molecule has 0 unspecified atom stereocenters. The van der Waals surface area contributed by atoms with E-state index in [4.69, 9.17) is 14.6 Å². The van der Waals surface area contributed by atoms with Crippen LogP contribution in [0.3, 0.4) is 0 Å². The summed E-state index contributed by atoms with van der Waals surface area (Å²) >= 11 is 0. The van der Waals surface area contributed by atoms with Gasteiger partial charge < -0.3 is 19.3 Å². The second kappa shape index (κ2) is 6.95. The summed E-state index contributed by atoms with van der Waals surface area (Å²) < 4.78 is 14.5. The molecule has 0 aliphatic rings. The standard InChI is InChI=1S/C6H14O4/c1-3-8-6(9-4-2)10-5-7/h6-7H,3-5H2,1-2H3. The summed E-state index contributed by atoms with van der Waals surface area (Å²) in [5, 5.41) is 8.31. The molecule has 62 valence electrons. The van der Waals surface area contributed by atoms with Crippen LogP contribution in [0.1, 0.15) is 13.8 Å². The maximum absolute atomic E-state index is 8.31. The Morgan fingerprint density at radius 3 is 1.90 bits per heavy atom. The van der Waals surface area contributed by atoms with E-state index in [1.807, 2.05) is 13.8 Å². The van der Waals surface area contributed by atoms with Crippen LogP contribution in [0.4, 0.5) is 0 Å². The van der Waals surface area contributed by atoms with Gasteiger partial charge >= 0.3 is 0 Å². The van der Waals surface area contributed by atoms with Crippen LogP contribution in [0.25, 0.3) is 0 Å². The van der Waals surface area contributed by atoms with Crippen molar-refractivity contribution in [3.63, 3.8) is 0 Å². The zero-order chi connectivity index (χ0) is 7.82. The summed E-state index contributed by atoms with van der Waals surface area (Å²) in [5.41, 5.74) is 0. The Hall–Kier alpha value is -0.160. The monoisotopic (exact) mass is 150 g/mol. The van der Waals surface area contributed by atoms with Crippen LogP contribution in [-0.4, -0.2) is 31.6 Å². The van der Waals surface area contributed by atoms with Crippen LogP contribution in [0.5, 0.6) is 0 Å². The summed E-state index contributed by atoms with van der Waals surface area (Å²) in [4.78, 5) is 0. The highest BCUT2D eigenvalue weighted by Crippen LogP contribution is 1.95. The van der Waals surface area contributed by atoms with Crippen molar-refractivity contribution in [1.82, 2.24) is 0 Å². The minimum absolute atomic E-state index is 0.384. The Labute approximate surface area is 60.7 Å². The first-order valence-corrected chi connectivity index (χ1v) is 3.30. The van der Waals surface area contributed by atoms with Crippen molar-refractivity contribution in [2.45, 2.75) is 20.3 Å². The predicted octanol–water partition coefficient (Wildman–Crippen LogP) is 0.309. The molecule has 0 aromatic carbocycles. The fourth-order valence-electron chi connectivity index (χ4n) is 0.477. The van der Waals surface area contributed by atoms with Crippen LogP contribution in [0.15, 0.2) is 0 Å². The lowest BCUT2D eigenvalue weighted by Crippen LogP contribution is -2.21. The minimum Gasteiger partial charge on any atom is -0.370 e. The van der Waals surface area contributed by atoms with E-state index in [1.54, 1.807) is 0 Å². The molecule has 0 aliphatic heterocycles. The summed E-state index contributed by atoms with van der Waals surface area (Å²) in [6.07, 6.45) is 0. The molecule has 0 heterocycles. The molecule has 0 aliphatic carbocycles. The highest BCUT2D eigenvalue weighted by Gasteiger charge is 2.05. The van der Waals surface area contributed by atoms with Crippen molar-refractivity contribution >= 4 is 0 Å². The van der Waals surface area contributed by atoms with Crippen LogP contribution in [0, 0.1) is 0 Å². The van der Waals surface area contributed by atoms with Gasteiger partial charge in [0.15, 0.2) is 0 Å². The van der Waals surface area contributed by atoms with Gasteiger partial charge in [-0.3, -0.25) is 0 Å². The number of aliphatic hydroxyl groups excluding tert-OH is 1. The van der Waals surface area contributed by atoms with Gasteiger partial charge in [0, 0.05) is 13.2 Å². The first-order chi connectivity index (χ1) is 4.85. The molecule has 0 amide bonds. The molecular formula is C6H14O4. The van der Waals surface area contributed by atoms with E-state index in [0.29, 0.717) is 13.2 Å². The Kier molecular flexibility index (Phi) is 6.84. The highest BCUT2D eigenvalue weighted by atomic mass is 16.9. The average molecular weight is 150 g/mol. The van der Waals surface area contributed by atoms with E-state index in [2.05, 4.69) is 4.74 Å². The molecule has 0 atom stereocenters. The van der Waals surface area contributed by atoms with Crippen molar-refractivity contribution in [3.05, 3.63) is 0 Å². The van der Waals surface area contributed by atoms with Gasteiger partial charge in [-0.2, -0.15) is 0 Å². The third kappa shape index (κ3) is 4.69. The Bertz CT molecular complexity index is 52.5. The van der Waals surface area contributed by atoms with Gasteiger partial charge in [-0.15, -0.1) is 0 Å². The van der Waals surface area contributed by atoms with Gasteiger partial charge in [-0.05, 0) is 13.8 Å². The van der Waals surface area contributed by atoms with E-state index in [9.17, 15) is 0 Å². The van der Waals surface area contributed by atoms with Crippen molar-refractivity contribution in [2.75, 3.05) is 20.0 Å². The van der Waals surface area contributed by atoms with Gasteiger partial charge in [0.05, 0.1) is 0 Å². The lowest BCUT2D eigenvalue weighted by Gasteiger charge is -2.14. The van der Waals surface area contributed by atoms with E-state index in [-0.39, 0.29) is 6.79 Å². The fourth-order valence-corrected chi connectivity index (χ4v) is 0.477. The maximum Gasteiger partial charge on any atom is 0.273 e. The van der Waals surface area contributed by atoms with Crippen molar-refractivity contribution < 1.29 is 19.3 Å². The number of hydrogen-bond donors (Lipinski definition) is 1. The zero-order valence-corrected chi connectivity index (χ0v) is 6.37. The molecule has 0 bridgehead atoms. The van der Waals surface area contributed by atoms with Crippen LogP contribution >= 0.6 is 0 Å². The van der Waals surface area contributed by atoms with Crippen molar-refractivity contribution in [3.8, 4) is 0 Å². The third-order valence-corrected chi connectivity index (χ3v) is 0.816. The maximum atomic E-state index is 8.31. The molecule has 0 rings (SSSR count). The smallest absolute Gasteiger partial charge is 0.273 e. The lowest BCUT2D eigenvalue weighted by atomic mass is 10.8. The first-order valence-electron chi connectivity index (χ1n) is 3.30. The summed E-state index contributed by atoms with van der Waals surface area (Å²) in [7, 11) is 0. The Morgan fingerprint density at radius 2 is 1.60 bits per heavy atom. The van der Waals surface area contributed by atoms with Crippen LogP contribution in [-0.2, 0) is 14.2 Å². The number of ether oxygens (including phenoxy) is 3. The van der Waals surface area contributed by atoms with Gasteiger partial charge in [0.2, 0.25) is 0 Å². The summed E-state index contributed by atoms with van der Waals surface area (Å²) in [6, 6.07) is 0. The van der Waals surface area contributed by atoms with E-state index in [1.165, 1.54) is 0 Å². The SMILES string of the molecule is CCOC(OCC)OCO. The predicted molar refractivity (Wildman–Crippen MR) is 35.2 cm³/mol. The zero-order valence-electron chi connectivity index (χ0n) is 6.37. The molecule has 10 heavy (non-hydrogen) atoms. The molecule has 0 spiro atoms. The highest BCUT2D eigenvalue weighted by molar-refractivity contribution is 4.21. The molecule has 0 radical (unpaired) electrons. The number of rotatable bonds is 6. The normalized spacial score (nSPS) is 10.8. The lowest BCUT2D eigenvalue weighted by molar-refractivity contribution is -0.304. The van der Waals surface area contributed by atoms with E-state index in [0.717, 1.165) is 0 Å². The van der Waals surface area contributed by atoms with Gasteiger partial charge in [0.1, 0.15) is 6.79 Å². The number of aliphatic hydroxyl groups is 1. The molecule has 0 fully saturated rings. The number of hydrogen-bond acceptors (Lipinski definition) is 4. The summed E-state index contributed by atoms with van der Waals surface area (Å²) in [6.45, 7) is 3.56. The van der Waals surface area contributed by atoms with Gasteiger partial charge in [-0.25, -0.2) is 0 Å². The van der Waals surface area contributed by atoms with Crippen LogP contribution < -0.4 is 0 Å². The van der Waals surface area contributed by atoms with E-state index >= 15 is 0 Å². The third-order valence-electron chi connectivity index (χ3n) is 0.816.